The number of aryl methyl sites for hydroxylation is 4. The predicted molar refractivity (Wildman–Crippen MR) is 505 cm³/mol. The van der Waals surface area contributed by atoms with Crippen LogP contribution in [0.5, 0.6) is 46.0 Å². The van der Waals surface area contributed by atoms with Gasteiger partial charge in [-0.05, 0) is 273 Å². The summed E-state index contributed by atoms with van der Waals surface area (Å²) >= 11 is 23.7. The molecular weight excluding hydrogens is 1880 g/mol. The summed E-state index contributed by atoms with van der Waals surface area (Å²) in [4.78, 5) is 127. The van der Waals surface area contributed by atoms with Crippen molar-refractivity contribution in [1.29, 1.82) is 0 Å². The van der Waals surface area contributed by atoms with E-state index < -0.39 is 64.4 Å². The molecule has 0 spiro atoms. The van der Waals surface area contributed by atoms with Crippen LogP contribution < -0.4 is 70.5 Å². The third-order valence-corrected chi connectivity index (χ3v) is 30.4. The molecular formula is C104H105Cl4F3N6O22. The zero-order valence-electron chi connectivity index (χ0n) is 76.6. The first-order valence-electron chi connectivity index (χ1n) is 46.2. The SMILES string of the molecule is Cc1cc(OCC(=O)NC23CCC(NC(=O)C4CC(O)c5cc(Cl)ccc5O4)(CC2)C[C@@H]3O)ccc1Cl.Cc1ccc(OCC(=O)NC23CC(CC(=O)C4COc5cc(Cl)ccc5C4)(C2)C3)cc1F.Cc1ccc(OCC(=O)NC23CC(CC(=O)c4cc(=O)c5cc(O)ccc5o4)(C2)C3)cc1F.Cc1ccc2c(c1)C(=O)CC(C(=O)NC13CCC(NC(=O)COc4ccc(Cl)c(F)c4)(CC1)[C@@H](O)C3)O2. The number of hydrogen-bond donors (Lipinski definition) is 10. The summed E-state index contributed by atoms with van der Waals surface area (Å²) in [5, 5.41) is 62.1. The van der Waals surface area contributed by atoms with Crippen LogP contribution in [0, 0.1) is 61.9 Å². The van der Waals surface area contributed by atoms with E-state index in [-0.39, 0.29) is 177 Å². The van der Waals surface area contributed by atoms with Gasteiger partial charge in [-0.1, -0.05) is 76.2 Å². The van der Waals surface area contributed by atoms with Gasteiger partial charge < -0.3 is 89.9 Å². The standard InChI is InChI=1S/C27H30Cl2N2O6.C27H28ClFN2O6.C25H25ClFNO4.C25H22FNO6/c1-15-10-17(3-4-19(15)29)36-14-24(34)30-27-8-6-26(7-9-27,13-23(27)33)31-25(35)22-12-20(32)18-11-16(28)2-5-21(18)37-22;1-15-2-5-21-17(10-15)20(32)12-22(37-21)25(35)31-26-6-8-27(9-7-26,23(33)13-26)30-24(34)14-36-16-3-4-18(28)19(29)11-16;1-15-2-5-19(8-20(15)27)31-11-23(30)28-25-12-24(13-25,14-25)9-21(29)17-6-16-3-4-18(26)7-22(16)32-10-17;1-14-2-4-16(7-18(14)26)32-10-23(31)27-25-11-24(12-25,13-25)9-20(30)22-8-19(29)17-6-15(28)3-5-21(17)33-22/h2-5,10-11,20,22-23,32-33H,6-9,12-14H2,1H3,(H,30,34)(H,31,35);2-5,10-11,22-23,33H,6-9,12-14H2,1H3,(H,30,34)(H,31,35);2-5,7-8,17H,6,9-14H2,1H3,(H,28,30);2-8,28H,9-13H2,1H3,(H,27,31)/t20?,22?,23-,26?,27?;22?,23-,26?,27?;;/m00../s1. The molecule has 4 heterocycles. The highest BCUT2D eigenvalue weighted by molar-refractivity contribution is 6.32. The fourth-order valence-electron chi connectivity index (χ4n) is 22.1. The summed E-state index contributed by atoms with van der Waals surface area (Å²) in [7, 11) is 0. The second kappa shape index (κ2) is 39.3. The first-order valence-corrected chi connectivity index (χ1v) is 47.8. The van der Waals surface area contributed by atoms with E-state index in [0.29, 0.717) is 163 Å². The van der Waals surface area contributed by atoms with Gasteiger partial charge in [0.25, 0.3) is 35.4 Å². The van der Waals surface area contributed by atoms with Gasteiger partial charge in [0.05, 0.1) is 64.3 Å². The molecule has 0 saturated heterocycles. The average molecular weight is 1990 g/mol. The number of aliphatic hydroxyl groups excluding tert-OH is 3. The van der Waals surface area contributed by atoms with Gasteiger partial charge in [0.1, 0.15) is 74.8 Å². The highest BCUT2D eigenvalue weighted by atomic mass is 35.5. The minimum atomic E-state index is -0.933. The molecule has 139 heavy (non-hydrogen) atoms. The van der Waals surface area contributed by atoms with Crippen LogP contribution in [0.15, 0.2) is 161 Å². The number of phenols is 1. The molecule has 35 heteroatoms. The molecule has 12 aliphatic carbocycles. The Hall–Kier alpha value is -12.0. The lowest BCUT2D eigenvalue weighted by atomic mass is 9.38. The molecule has 24 rings (SSSR count). The summed E-state index contributed by atoms with van der Waals surface area (Å²) in [5.41, 5.74) is 1.22. The number of amides is 6. The second-order valence-electron chi connectivity index (χ2n) is 39.7. The Bertz CT molecular complexity index is 6420. The number of benzene rings is 8. The highest BCUT2D eigenvalue weighted by Crippen LogP contribution is 2.70. The van der Waals surface area contributed by atoms with Crippen LogP contribution in [0.4, 0.5) is 13.2 Å². The van der Waals surface area contributed by atoms with Crippen molar-refractivity contribution in [3.63, 3.8) is 0 Å². The van der Waals surface area contributed by atoms with Crippen LogP contribution in [0.3, 0.4) is 0 Å². The maximum absolute atomic E-state index is 13.6. The second-order valence-corrected chi connectivity index (χ2v) is 41.4. The number of aromatic hydroxyl groups is 1. The van der Waals surface area contributed by atoms with Gasteiger partial charge in [-0.2, -0.15) is 0 Å². The lowest BCUT2D eigenvalue weighted by Crippen LogP contribution is -2.75. The van der Waals surface area contributed by atoms with E-state index in [4.69, 9.17) is 84.0 Å². The molecule has 3 aliphatic heterocycles. The minimum Gasteiger partial charge on any atom is -0.508 e. The van der Waals surface area contributed by atoms with Crippen molar-refractivity contribution in [3.05, 3.63) is 244 Å². The number of ether oxygens (including phenoxy) is 7. The van der Waals surface area contributed by atoms with Gasteiger partial charge in [0.2, 0.25) is 0 Å². The Morgan fingerprint density at radius 3 is 1.49 bits per heavy atom. The van der Waals surface area contributed by atoms with Crippen LogP contribution in [0.2, 0.25) is 20.1 Å². The normalized spacial score (nSPS) is 27.2. The number of fused-ring (bicyclic) bond motifs is 10. The third kappa shape index (κ3) is 21.7. The summed E-state index contributed by atoms with van der Waals surface area (Å²) < 4.78 is 85.6. The number of halogens is 7. The molecule has 8 aromatic carbocycles. The van der Waals surface area contributed by atoms with Crippen molar-refractivity contribution in [3.8, 4) is 46.0 Å². The fraction of sp³-hybridized carbons (Fsp3) is 0.423. The lowest BCUT2D eigenvalue weighted by molar-refractivity contribution is -0.174. The summed E-state index contributed by atoms with van der Waals surface area (Å²) in [5.74, 6) is -0.753. The van der Waals surface area contributed by atoms with E-state index in [1.54, 1.807) is 92.7 Å². The molecule has 4 unspecified atom stereocenters. The Morgan fingerprint density at radius 1 is 0.460 bits per heavy atom. The molecule has 12 fully saturated rings. The molecule has 6 atom stereocenters. The van der Waals surface area contributed by atoms with Crippen LogP contribution >= 0.6 is 46.4 Å². The lowest BCUT2D eigenvalue weighted by Gasteiger charge is -2.70. The zero-order valence-corrected chi connectivity index (χ0v) is 79.6. The van der Waals surface area contributed by atoms with E-state index >= 15 is 0 Å². The Balaban J connectivity index is 0.000000128. The fourth-order valence-corrected chi connectivity index (χ4v) is 22.6. The number of nitrogens with one attached hydrogen (secondary N) is 6. The molecule has 10 N–H and O–H groups in total. The largest absolute Gasteiger partial charge is 0.508 e. The Morgan fingerprint density at radius 2 is 0.950 bits per heavy atom. The smallest absolute Gasteiger partial charge is 0.261 e. The van der Waals surface area contributed by atoms with Crippen LogP contribution in [0.25, 0.3) is 11.0 Å². The van der Waals surface area contributed by atoms with Gasteiger partial charge in [0.15, 0.2) is 61.4 Å². The Kier molecular flexibility index (Phi) is 27.9. The predicted octanol–water partition coefficient (Wildman–Crippen LogP) is 14.9. The van der Waals surface area contributed by atoms with Crippen molar-refractivity contribution in [2.45, 2.75) is 226 Å². The number of Topliss-reactive ketones (excluding diaryl/α,β-unsaturated/α-hetero) is 3. The first-order chi connectivity index (χ1) is 66.1. The monoisotopic (exact) mass is 1990 g/mol. The van der Waals surface area contributed by atoms with Crippen LogP contribution in [-0.2, 0) is 40.0 Å². The quantitative estimate of drug-likeness (QED) is 0.0225. The van der Waals surface area contributed by atoms with E-state index in [2.05, 4.69) is 31.9 Å². The number of ketones is 3. The summed E-state index contributed by atoms with van der Waals surface area (Å²) in [6.45, 7) is 6.57. The van der Waals surface area contributed by atoms with Gasteiger partial charge in [-0.15, -0.1) is 0 Å². The van der Waals surface area contributed by atoms with Gasteiger partial charge in [-0.3, -0.25) is 47.9 Å². The molecule has 28 nitrogen and oxygen atoms in total. The van der Waals surface area contributed by atoms with Gasteiger partial charge >= 0.3 is 0 Å². The molecule has 15 aliphatic rings. The first kappa shape index (κ1) is 98.6. The molecule has 6 amide bonds. The van der Waals surface area contributed by atoms with Crippen molar-refractivity contribution in [2.24, 2.45) is 16.7 Å². The topological polar surface area (TPSA) is 402 Å². The molecule has 732 valence electrons. The highest BCUT2D eigenvalue weighted by Gasteiger charge is 2.70. The molecule has 9 aromatic rings. The maximum atomic E-state index is 13.6. The molecule has 8 bridgehead atoms. The molecule has 0 radical (unpaired) electrons. The number of hydrogen-bond acceptors (Lipinski definition) is 22. The zero-order chi connectivity index (χ0) is 98.6. The van der Waals surface area contributed by atoms with Crippen LogP contribution in [0.1, 0.15) is 189 Å². The average Bonchev–Trinajstić information content (AvgIpc) is 0.682. The number of rotatable bonds is 26. The van der Waals surface area contributed by atoms with Gasteiger partial charge in [-0.25, -0.2) is 13.2 Å². The van der Waals surface area contributed by atoms with E-state index in [1.165, 1.54) is 48.5 Å². The van der Waals surface area contributed by atoms with E-state index in [0.717, 1.165) is 47.8 Å². The van der Waals surface area contributed by atoms with Crippen LogP contribution in [-0.4, -0.2) is 164 Å². The summed E-state index contributed by atoms with van der Waals surface area (Å²) in [6.07, 6.45) is 6.48. The Labute approximate surface area is 817 Å². The number of aliphatic hydroxyl groups is 3. The van der Waals surface area contributed by atoms with Crippen molar-refractivity contribution >= 4 is 110 Å². The number of phenolic OH excluding ortho intramolecular Hbond substituents is 1. The molecule has 12 saturated carbocycles. The maximum Gasteiger partial charge on any atom is 0.261 e. The van der Waals surface area contributed by atoms with Crippen molar-refractivity contribution in [1.82, 2.24) is 31.9 Å². The van der Waals surface area contributed by atoms with Gasteiger partial charge in [0, 0.05) is 86.3 Å². The number of carbonyl (C=O) groups excluding carboxylic acids is 9. The summed E-state index contributed by atoms with van der Waals surface area (Å²) in [6, 6.07) is 39.2. The van der Waals surface area contributed by atoms with E-state index in [9.17, 15) is 81.5 Å². The number of carbonyl (C=O) groups is 9. The molecule has 1 aromatic heterocycles. The minimum absolute atomic E-state index is 0.000250. The third-order valence-electron chi connectivity index (χ3n) is 29.2. The van der Waals surface area contributed by atoms with Crippen molar-refractivity contribution < 1.29 is 114 Å². The van der Waals surface area contributed by atoms with Crippen molar-refractivity contribution in [2.75, 3.05) is 33.0 Å². The van der Waals surface area contributed by atoms with E-state index in [1.807, 2.05) is 32.0 Å².